The van der Waals surface area contributed by atoms with E-state index in [9.17, 15) is 4.79 Å². The third-order valence-corrected chi connectivity index (χ3v) is 4.55. The molecule has 1 aliphatic carbocycles. The molecule has 4 N–H and O–H groups in total. The van der Waals surface area contributed by atoms with Gasteiger partial charge in [0.05, 0.1) is 11.4 Å². The van der Waals surface area contributed by atoms with Gasteiger partial charge in [-0.3, -0.25) is 4.79 Å². The number of nitrogens with two attached hydrogens (primary N) is 1. The Morgan fingerprint density at radius 3 is 3.06 bits per heavy atom. The third kappa shape index (κ3) is 2.47. The third-order valence-electron chi connectivity index (χ3n) is 3.48. The molecule has 0 aromatic heterocycles. The first kappa shape index (κ1) is 11.9. The molecule has 0 atom stereocenters. The first-order valence-electron chi connectivity index (χ1n) is 6.27. The predicted molar refractivity (Wildman–Crippen MR) is 75.0 cm³/mol. The fraction of sp³-hybridized carbons (Fsp3) is 0.462. The molecule has 1 amide bonds. The van der Waals surface area contributed by atoms with Crippen molar-refractivity contribution in [3.05, 3.63) is 18.2 Å². The number of hydrogen-bond donors (Lipinski definition) is 3. The lowest BCUT2D eigenvalue weighted by molar-refractivity contribution is -0.113. The van der Waals surface area contributed by atoms with E-state index in [1.807, 2.05) is 6.07 Å². The minimum atomic E-state index is 0.0783. The van der Waals surface area contributed by atoms with Crippen LogP contribution in [0.15, 0.2) is 23.1 Å². The zero-order chi connectivity index (χ0) is 12.5. The van der Waals surface area contributed by atoms with E-state index < -0.39 is 0 Å². The lowest BCUT2D eigenvalue weighted by atomic mass is 9.81. The summed E-state index contributed by atoms with van der Waals surface area (Å²) >= 11 is 1.59. The average Bonchev–Trinajstić information content (AvgIpc) is 2.32. The second kappa shape index (κ2) is 4.82. The van der Waals surface area contributed by atoms with Crippen molar-refractivity contribution in [1.29, 1.82) is 0 Å². The Hall–Kier alpha value is -1.20. The normalized spacial score (nSPS) is 25.9. The number of benzene rings is 1. The van der Waals surface area contributed by atoms with E-state index in [0.29, 0.717) is 17.7 Å². The number of carbonyl (C=O) groups is 1. The fourth-order valence-corrected chi connectivity index (χ4v) is 3.20. The summed E-state index contributed by atoms with van der Waals surface area (Å²) in [6.45, 7) is 0.966. The summed E-state index contributed by atoms with van der Waals surface area (Å²) in [5.41, 5.74) is 7.76. The van der Waals surface area contributed by atoms with Crippen LogP contribution in [0.25, 0.3) is 0 Å². The van der Waals surface area contributed by atoms with Gasteiger partial charge >= 0.3 is 0 Å². The number of anilines is 2. The molecular weight excluding hydrogens is 246 g/mol. The molecule has 18 heavy (non-hydrogen) atoms. The number of hydrogen-bond acceptors (Lipinski definition) is 4. The molecular formula is C13H17N3OS. The van der Waals surface area contributed by atoms with Gasteiger partial charge in [-0.15, -0.1) is 11.8 Å². The Bertz CT molecular complexity index is 471. The second-order valence-electron chi connectivity index (χ2n) is 5.03. The van der Waals surface area contributed by atoms with Gasteiger partial charge in [-0.25, -0.2) is 0 Å². The van der Waals surface area contributed by atoms with Crippen LogP contribution in [-0.2, 0) is 4.79 Å². The van der Waals surface area contributed by atoms with Crippen LogP contribution in [0.2, 0.25) is 0 Å². The maximum Gasteiger partial charge on any atom is 0.234 e. The van der Waals surface area contributed by atoms with Crippen LogP contribution in [-0.4, -0.2) is 24.2 Å². The minimum absolute atomic E-state index is 0.0783. The first-order valence-corrected chi connectivity index (χ1v) is 7.25. The van der Waals surface area contributed by atoms with Crippen LogP contribution in [0.3, 0.4) is 0 Å². The van der Waals surface area contributed by atoms with Gasteiger partial charge < -0.3 is 16.4 Å². The first-order chi connectivity index (χ1) is 8.70. The van der Waals surface area contributed by atoms with Gasteiger partial charge in [-0.2, -0.15) is 0 Å². The van der Waals surface area contributed by atoms with Gasteiger partial charge in [0, 0.05) is 23.2 Å². The molecule has 0 unspecified atom stereocenters. The number of thioether (sulfide) groups is 1. The van der Waals surface area contributed by atoms with Crippen LogP contribution < -0.4 is 16.4 Å². The zero-order valence-corrected chi connectivity index (χ0v) is 10.9. The molecule has 0 radical (unpaired) electrons. The number of carbonyl (C=O) groups excluding carboxylic acids is 1. The number of rotatable bonds is 3. The van der Waals surface area contributed by atoms with Crippen molar-refractivity contribution >= 4 is 29.0 Å². The number of amides is 1. The summed E-state index contributed by atoms with van der Waals surface area (Å²) < 4.78 is 0. The highest BCUT2D eigenvalue weighted by Crippen LogP contribution is 2.33. The standard InChI is InChI=1S/C13H17N3OS/c14-9-3-8(4-9)6-15-10-1-2-12-11(5-10)16-13(17)7-18-12/h1-2,5,8-9,15H,3-4,6-7,14H2,(H,16,17). The Labute approximate surface area is 111 Å². The van der Waals surface area contributed by atoms with E-state index in [-0.39, 0.29) is 5.91 Å². The van der Waals surface area contributed by atoms with Crippen molar-refractivity contribution in [2.45, 2.75) is 23.8 Å². The SMILES string of the molecule is NC1CC(CNc2ccc3c(c2)NC(=O)CS3)C1. The van der Waals surface area contributed by atoms with Crippen LogP contribution in [0, 0.1) is 5.92 Å². The van der Waals surface area contributed by atoms with Crippen LogP contribution in [0.5, 0.6) is 0 Å². The van der Waals surface area contributed by atoms with Crippen LogP contribution in [0.4, 0.5) is 11.4 Å². The molecule has 0 saturated heterocycles. The largest absolute Gasteiger partial charge is 0.385 e. The highest BCUT2D eigenvalue weighted by molar-refractivity contribution is 8.00. The molecule has 1 fully saturated rings. The van der Waals surface area contributed by atoms with E-state index in [4.69, 9.17) is 5.73 Å². The quantitative estimate of drug-likeness (QED) is 0.779. The van der Waals surface area contributed by atoms with Gasteiger partial charge in [0.2, 0.25) is 5.91 Å². The molecule has 1 saturated carbocycles. The average molecular weight is 263 g/mol. The van der Waals surface area contributed by atoms with E-state index >= 15 is 0 Å². The summed E-state index contributed by atoms with van der Waals surface area (Å²) in [4.78, 5) is 12.5. The lowest BCUT2D eigenvalue weighted by Gasteiger charge is -2.32. The molecule has 1 aliphatic heterocycles. The monoisotopic (exact) mass is 263 g/mol. The maximum absolute atomic E-state index is 11.3. The second-order valence-corrected chi connectivity index (χ2v) is 6.04. The zero-order valence-electron chi connectivity index (χ0n) is 10.1. The molecule has 1 aromatic rings. The van der Waals surface area contributed by atoms with Crippen molar-refractivity contribution in [2.24, 2.45) is 11.7 Å². The van der Waals surface area contributed by atoms with Gasteiger partial charge in [0.15, 0.2) is 0 Å². The highest BCUT2D eigenvalue weighted by atomic mass is 32.2. The smallest absolute Gasteiger partial charge is 0.234 e. The van der Waals surface area contributed by atoms with E-state index in [2.05, 4.69) is 22.8 Å². The summed E-state index contributed by atoms with van der Waals surface area (Å²) in [7, 11) is 0. The van der Waals surface area contributed by atoms with Crippen molar-refractivity contribution < 1.29 is 4.79 Å². The van der Waals surface area contributed by atoms with Crippen LogP contribution >= 0.6 is 11.8 Å². The maximum atomic E-state index is 11.3. The Morgan fingerprint density at radius 1 is 1.44 bits per heavy atom. The summed E-state index contributed by atoms with van der Waals surface area (Å²) in [6, 6.07) is 6.55. The van der Waals surface area contributed by atoms with Gasteiger partial charge in [-0.1, -0.05) is 0 Å². The lowest BCUT2D eigenvalue weighted by Crippen LogP contribution is -2.39. The van der Waals surface area contributed by atoms with E-state index in [1.165, 1.54) is 0 Å². The Morgan fingerprint density at radius 2 is 2.28 bits per heavy atom. The van der Waals surface area contributed by atoms with Crippen molar-refractivity contribution in [3.8, 4) is 0 Å². The topological polar surface area (TPSA) is 67.2 Å². The number of fused-ring (bicyclic) bond motifs is 1. The summed E-state index contributed by atoms with van der Waals surface area (Å²) in [5.74, 6) is 1.29. The molecule has 1 heterocycles. The molecule has 0 spiro atoms. The molecule has 2 aliphatic rings. The van der Waals surface area contributed by atoms with Gasteiger partial charge in [-0.05, 0) is 37.0 Å². The molecule has 5 heteroatoms. The molecule has 3 rings (SSSR count). The van der Waals surface area contributed by atoms with Crippen molar-refractivity contribution in [3.63, 3.8) is 0 Å². The summed E-state index contributed by atoms with van der Waals surface area (Å²) in [6.07, 6.45) is 2.23. The molecule has 0 bridgehead atoms. The summed E-state index contributed by atoms with van der Waals surface area (Å²) in [5, 5.41) is 6.32. The van der Waals surface area contributed by atoms with Gasteiger partial charge in [0.25, 0.3) is 0 Å². The van der Waals surface area contributed by atoms with Gasteiger partial charge in [0.1, 0.15) is 0 Å². The highest BCUT2D eigenvalue weighted by Gasteiger charge is 2.25. The van der Waals surface area contributed by atoms with E-state index in [0.717, 1.165) is 35.7 Å². The van der Waals surface area contributed by atoms with E-state index in [1.54, 1.807) is 11.8 Å². The number of nitrogens with one attached hydrogen (secondary N) is 2. The molecule has 4 nitrogen and oxygen atoms in total. The Kier molecular flexibility index (Phi) is 3.18. The fourth-order valence-electron chi connectivity index (χ4n) is 2.41. The Balaban J connectivity index is 1.63. The van der Waals surface area contributed by atoms with Crippen molar-refractivity contribution in [1.82, 2.24) is 0 Å². The minimum Gasteiger partial charge on any atom is -0.385 e. The molecule has 96 valence electrons. The van der Waals surface area contributed by atoms with Crippen LogP contribution in [0.1, 0.15) is 12.8 Å². The predicted octanol–water partition coefficient (Wildman–Crippen LogP) is 1.88. The van der Waals surface area contributed by atoms with Crippen molar-refractivity contribution in [2.75, 3.05) is 22.9 Å². The molecule has 1 aromatic carbocycles.